The molecule has 3 aromatic rings. The average molecular weight is 429 g/mol. The number of carbonyl (C=O) groups is 1. The summed E-state index contributed by atoms with van der Waals surface area (Å²) in [7, 11) is 4.08. The molecule has 2 aliphatic rings. The molecule has 32 heavy (non-hydrogen) atoms. The fraction of sp³-hybridized carbons (Fsp3) is 0.346. The number of benzene rings is 1. The highest BCUT2D eigenvalue weighted by molar-refractivity contribution is 5.94. The van der Waals surface area contributed by atoms with Crippen LogP contribution in [0.15, 0.2) is 65.7 Å². The minimum absolute atomic E-state index is 0.0483. The Bertz CT molecular complexity index is 1200. The van der Waals surface area contributed by atoms with Gasteiger partial charge in [0.05, 0.1) is 0 Å². The molecule has 0 radical (unpaired) electrons. The zero-order chi connectivity index (χ0) is 22.2. The normalized spacial score (nSPS) is 19.7. The minimum Gasteiger partial charge on any atom is -0.338 e. The number of amides is 1. The third-order valence-electron chi connectivity index (χ3n) is 6.61. The lowest BCUT2D eigenvalue weighted by Gasteiger charge is -2.43. The van der Waals surface area contributed by atoms with Crippen molar-refractivity contribution in [1.29, 1.82) is 0 Å². The Morgan fingerprint density at radius 3 is 2.56 bits per heavy atom. The molecular weight excluding hydrogens is 400 g/mol. The van der Waals surface area contributed by atoms with Gasteiger partial charge in [0.1, 0.15) is 0 Å². The zero-order valence-electron chi connectivity index (χ0n) is 18.6. The summed E-state index contributed by atoms with van der Waals surface area (Å²) in [6, 6.07) is 15.8. The van der Waals surface area contributed by atoms with Crippen LogP contribution in [0.3, 0.4) is 0 Å². The summed E-state index contributed by atoms with van der Waals surface area (Å²) in [6.07, 6.45) is 4.33. The minimum atomic E-state index is 0.0483. The quantitative estimate of drug-likeness (QED) is 0.640. The number of carbonyl (C=O) groups excluding carboxylic acids is 1. The van der Waals surface area contributed by atoms with Gasteiger partial charge < -0.3 is 14.4 Å². The van der Waals surface area contributed by atoms with Crippen molar-refractivity contribution in [3.05, 3.63) is 88.1 Å². The molecule has 1 saturated heterocycles. The van der Waals surface area contributed by atoms with E-state index in [9.17, 15) is 9.59 Å². The van der Waals surface area contributed by atoms with Gasteiger partial charge in [0.25, 0.3) is 11.5 Å². The Hall–Kier alpha value is -3.25. The highest BCUT2D eigenvalue weighted by Crippen LogP contribution is 2.36. The van der Waals surface area contributed by atoms with Crippen LogP contribution in [-0.4, -0.2) is 52.4 Å². The SMILES string of the molecule is CN(C)Cc1ccccc1-c1ccc2n(c1=O)C[C@H]1C[C@@H]2CN(C(=O)c2ccncc2)C1. The van der Waals surface area contributed by atoms with Crippen LogP contribution < -0.4 is 5.56 Å². The lowest BCUT2D eigenvalue weighted by Crippen LogP contribution is -2.49. The smallest absolute Gasteiger partial charge is 0.258 e. The van der Waals surface area contributed by atoms with Crippen LogP contribution in [0.4, 0.5) is 0 Å². The molecule has 1 amide bonds. The number of hydrogen-bond acceptors (Lipinski definition) is 4. The van der Waals surface area contributed by atoms with Gasteiger partial charge in [-0.25, -0.2) is 0 Å². The van der Waals surface area contributed by atoms with Gasteiger partial charge in [-0.1, -0.05) is 24.3 Å². The van der Waals surface area contributed by atoms with Gasteiger partial charge in [-0.15, -0.1) is 0 Å². The van der Waals surface area contributed by atoms with Gasteiger partial charge in [-0.3, -0.25) is 14.6 Å². The van der Waals surface area contributed by atoms with E-state index in [4.69, 9.17) is 0 Å². The molecule has 0 spiro atoms. The third kappa shape index (κ3) is 3.75. The number of nitrogens with zero attached hydrogens (tertiary/aromatic N) is 4. The van der Waals surface area contributed by atoms with Gasteiger partial charge in [-0.2, -0.15) is 0 Å². The first-order chi connectivity index (χ1) is 15.5. The van der Waals surface area contributed by atoms with E-state index in [-0.39, 0.29) is 23.3 Å². The highest BCUT2D eigenvalue weighted by Gasteiger charge is 2.37. The molecule has 2 bridgehead atoms. The molecule has 5 rings (SSSR count). The Balaban J connectivity index is 1.47. The van der Waals surface area contributed by atoms with Gasteiger partial charge in [-0.05, 0) is 61.8 Å². The lowest BCUT2D eigenvalue weighted by atomic mass is 9.82. The fourth-order valence-corrected chi connectivity index (χ4v) is 5.26. The van der Waals surface area contributed by atoms with Crippen LogP contribution in [0.5, 0.6) is 0 Å². The predicted octanol–water partition coefficient (Wildman–Crippen LogP) is 3.23. The van der Waals surface area contributed by atoms with Crippen LogP contribution in [0.1, 0.15) is 34.0 Å². The van der Waals surface area contributed by atoms with E-state index in [0.717, 1.165) is 35.3 Å². The van der Waals surface area contributed by atoms with Gasteiger partial charge in [0.15, 0.2) is 0 Å². The summed E-state index contributed by atoms with van der Waals surface area (Å²) in [5.41, 5.74) is 4.72. The van der Waals surface area contributed by atoms with Crippen molar-refractivity contribution in [1.82, 2.24) is 19.4 Å². The van der Waals surface area contributed by atoms with Gasteiger partial charge in [0.2, 0.25) is 0 Å². The van der Waals surface area contributed by atoms with E-state index in [1.165, 1.54) is 0 Å². The first kappa shape index (κ1) is 20.6. The molecule has 1 fully saturated rings. The molecule has 2 atom stereocenters. The van der Waals surface area contributed by atoms with Crippen molar-refractivity contribution in [2.75, 3.05) is 27.2 Å². The molecule has 6 heteroatoms. The Morgan fingerprint density at radius 1 is 1.00 bits per heavy atom. The number of fused-ring (bicyclic) bond motifs is 4. The monoisotopic (exact) mass is 428 g/mol. The number of hydrogen-bond donors (Lipinski definition) is 0. The molecule has 1 aromatic carbocycles. The Kier molecular flexibility index (Phi) is 5.39. The molecule has 0 saturated carbocycles. The largest absolute Gasteiger partial charge is 0.338 e. The van der Waals surface area contributed by atoms with Crippen molar-refractivity contribution in [2.45, 2.75) is 25.4 Å². The third-order valence-corrected chi connectivity index (χ3v) is 6.61. The van der Waals surface area contributed by atoms with Crippen LogP contribution >= 0.6 is 0 Å². The second kappa shape index (κ2) is 8.36. The number of aromatic nitrogens is 2. The van der Waals surface area contributed by atoms with E-state index >= 15 is 0 Å². The van der Waals surface area contributed by atoms with E-state index in [0.29, 0.717) is 25.2 Å². The number of piperidine rings is 1. The van der Waals surface area contributed by atoms with E-state index in [1.807, 2.05) is 47.8 Å². The van der Waals surface area contributed by atoms with Crippen LogP contribution in [-0.2, 0) is 13.1 Å². The number of likely N-dealkylation sites (tertiary alicyclic amines) is 1. The molecule has 164 valence electrons. The maximum Gasteiger partial charge on any atom is 0.258 e. The Morgan fingerprint density at radius 2 is 1.78 bits per heavy atom. The van der Waals surface area contributed by atoms with Crippen LogP contribution in [0.25, 0.3) is 11.1 Å². The molecule has 4 heterocycles. The second-order valence-corrected chi connectivity index (χ2v) is 9.23. The van der Waals surface area contributed by atoms with Crippen LogP contribution in [0.2, 0.25) is 0 Å². The maximum atomic E-state index is 13.6. The topological polar surface area (TPSA) is 58.4 Å². The second-order valence-electron chi connectivity index (χ2n) is 9.23. The van der Waals surface area contributed by atoms with Crippen LogP contribution in [0, 0.1) is 5.92 Å². The van der Waals surface area contributed by atoms with Crippen molar-refractivity contribution in [3.63, 3.8) is 0 Å². The van der Waals surface area contributed by atoms with Gasteiger partial charge in [0, 0.05) is 61.3 Å². The number of pyridine rings is 2. The van der Waals surface area contributed by atoms with Gasteiger partial charge >= 0.3 is 0 Å². The first-order valence-electron chi connectivity index (χ1n) is 11.2. The van der Waals surface area contributed by atoms with Crippen molar-refractivity contribution >= 4 is 5.91 Å². The molecular formula is C26H28N4O2. The number of rotatable bonds is 4. The van der Waals surface area contributed by atoms with Crippen molar-refractivity contribution in [3.8, 4) is 11.1 Å². The molecule has 0 unspecified atom stereocenters. The fourth-order valence-electron chi connectivity index (χ4n) is 5.26. The summed E-state index contributed by atoms with van der Waals surface area (Å²) < 4.78 is 1.97. The predicted molar refractivity (Wildman–Crippen MR) is 125 cm³/mol. The standard InChI is InChI=1S/C26H28N4O2/c1-28(2)16-20-5-3-4-6-22(20)23-7-8-24-21-13-18(15-30(24)26(23)32)14-29(17-21)25(31)19-9-11-27-12-10-19/h3-12,18,21H,13-17H2,1-2H3/t18-,21+/m0/s1. The molecule has 0 N–H and O–H groups in total. The summed E-state index contributed by atoms with van der Waals surface area (Å²) >= 11 is 0. The molecule has 2 aromatic heterocycles. The highest BCUT2D eigenvalue weighted by atomic mass is 16.2. The maximum absolute atomic E-state index is 13.6. The lowest BCUT2D eigenvalue weighted by molar-refractivity contribution is 0.0594. The summed E-state index contributed by atoms with van der Waals surface area (Å²) in [6.45, 7) is 2.78. The summed E-state index contributed by atoms with van der Waals surface area (Å²) in [5, 5.41) is 0. The zero-order valence-corrected chi connectivity index (χ0v) is 18.6. The average Bonchev–Trinajstić information content (AvgIpc) is 2.80. The summed E-state index contributed by atoms with van der Waals surface area (Å²) in [5.74, 6) is 0.524. The molecule has 6 nitrogen and oxygen atoms in total. The molecule has 0 aliphatic carbocycles. The Labute approximate surface area is 188 Å². The van der Waals surface area contributed by atoms with E-state index in [1.54, 1.807) is 24.5 Å². The first-order valence-corrected chi connectivity index (χ1v) is 11.2. The van der Waals surface area contributed by atoms with Crippen molar-refractivity contribution < 1.29 is 4.79 Å². The van der Waals surface area contributed by atoms with E-state index < -0.39 is 0 Å². The summed E-state index contributed by atoms with van der Waals surface area (Å²) in [4.78, 5) is 34.7. The van der Waals surface area contributed by atoms with E-state index in [2.05, 4.69) is 22.0 Å². The van der Waals surface area contributed by atoms with Crippen molar-refractivity contribution in [2.24, 2.45) is 5.92 Å². The molecule has 2 aliphatic heterocycles.